The highest BCUT2D eigenvalue weighted by Gasteiger charge is 2.05. The lowest BCUT2D eigenvalue weighted by atomic mass is 10.2. The van der Waals surface area contributed by atoms with Gasteiger partial charge in [0.1, 0.15) is 17.6 Å². The molecule has 0 saturated heterocycles. The molecule has 0 saturated carbocycles. The number of nitrogens with two attached hydrogens (primary N) is 1. The fraction of sp³-hybridized carbons (Fsp3) is 0.250. The van der Waals surface area contributed by atoms with Gasteiger partial charge in [-0.2, -0.15) is 5.26 Å². The van der Waals surface area contributed by atoms with Gasteiger partial charge in [0.05, 0.1) is 6.54 Å². The summed E-state index contributed by atoms with van der Waals surface area (Å²) in [7, 11) is 0. The Labute approximate surface area is 130 Å². The van der Waals surface area contributed by atoms with Crippen molar-refractivity contribution in [3.8, 4) is 6.07 Å². The monoisotopic (exact) mass is 301 g/mol. The molecule has 0 spiro atoms. The van der Waals surface area contributed by atoms with Gasteiger partial charge in [-0.15, -0.1) is 0 Å². The van der Waals surface area contributed by atoms with E-state index in [1.807, 2.05) is 6.07 Å². The molecule has 0 atom stereocenters. The van der Waals surface area contributed by atoms with Crippen molar-refractivity contribution in [2.24, 2.45) is 20.7 Å². The zero-order valence-electron chi connectivity index (χ0n) is 13.0. The molecule has 0 fully saturated rings. The average Bonchev–Trinajstić information content (AvgIpc) is 2.53. The Kier molecular flexibility index (Phi) is 9.52. The van der Waals surface area contributed by atoms with Gasteiger partial charge in [-0.3, -0.25) is 9.98 Å². The molecule has 0 bridgehead atoms. The maximum absolute atomic E-state index is 13.6. The number of allylic oxidation sites excluding steroid dienone is 4. The highest BCUT2D eigenvalue weighted by molar-refractivity contribution is 6.10. The highest BCUT2D eigenvalue weighted by atomic mass is 19.1. The number of hydrogen-bond donors (Lipinski definition) is 1. The second-order valence-corrected chi connectivity index (χ2v) is 3.87. The predicted molar refractivity (Wildman–Crippen MR) is 90.6 cm³/mol. The molecule has 0 aliphatic rings. The van der Waals surface area contributed by atoms with Crippen LogP contribution in [0.2, 0.25) is 0 Å². The standard InChI is InChI=1S/C16H20FN5/c1-5-9-12(13(17)6-2)11-21-15(10-18)22-16(19)14(7-3)20-8-4/h5-9H,1,11H2,2-4H3,(H2,19,21,22)/b12-9-,13-6+,14-7-,20-8?. The zero-order valence-corrected chi connectivity index (χ0v) is 13.0. The summed E-state index contributed by atoms with van der Waals surface area (Å²) in [6.07, 6.45) is 7.47. The molecule has 6 heteroatoms. The number of rotatable bonds is 6. The first-order valence-electron chi connectivity index (χ1n) is 6.61. The number of aliphatic imine (C=N–C) groups is 3. The first-order valence-corrected chi connectivity index (χ1v) is 6.61. The summed E-state index contributed by atoms with van der Waals surface area (Å²) < 4.78 is 13.6. The summed E-state index contributed by atoms with van der Waals surface area (Å²) in [6.45, 7) is 8.53. The van der Waals surface area contributed by atoms with Gasteiger partial charge in [0.25, 0.3) is 0 Å². The van der Waals surface area contributed by atoms with E-state index in [4.69, 9.17) is 11.0 Å². The van der Waals surface area contributed by atoms with Gasteiger partial charge in [-0.05, 0) is 20.8 Å². The van der Waals surface area contributed by atoms with Crippen LogP contribution in [-0.4, -0.2) is 24.4 Å². The van der Waals surface area contributed by atoms with Crippen molar-refractivity contribution in [1.82, 2.24) is 0 Å². The Morgan fingerprint density at radius 1 is 1.32 bits per heavy atom. The molecule has 0 unspecified atom stereocenters. The summed E-state index contributed by atoms with van der Waals surface area (Å²) >= 11 is 0. The van der Waals surface area contributed by atoms with Gasteiger partial charge in [0.15, 0.2) is 5.84 Å². The Morgan fingerprint density at radius 3 is 2.45 bits per heavy atom. The normalized spacial score (nSPS) is 15.1. The van der Waals surface area contributed by atoms with Crippen molar-refractivity contribution < 1.29 is 4.39 Å². The lowest BCUT2D eigenvalue weighted by Crippen LogP contribution is -2.16. The fourth-order valence-corrected chi connectivity index (χ4v) is 1.39. The van der Waals surface area contributed by atoms with Crippen LogP contribution in [0, 0.1) is 11.3 Å². The van der Waals surface area contributed by atoms with Crippen LogP contribution >= 0.6 is 0 Å². The number of nitrogens with zero attached hydrogens (tertiary/aromatic N) is 4. The van der Waals surface area contributed by atoms with Crippen LogP contribution in [0.25, 0.3) is 0 Å². The molecule has 0 radical (unpaired) electrons. The first-order chi connectivity index (χ1) is 10.5. The molecular weight excluding hydrogens is 281 g/mol. The molecular formula is C16H20FN5. The van der Waals surface area contributed by atoms with Crippen LogP contribution < -0.4 is 5.73 Å². The molecule has 0 aliphatic carbocycles. The molecule has 0 heterocycles. The third-order valence-electron chi connectivity index (χ3n) is 2.41. The first kappa shape index (κ1) is 19.2. The van der Waals surface area contributed by atoms with Crippen molar-refractivity contribution in [3.05, 3.63) is 48.0 Å². The van der Waals surface area contributed by atoms with Gasteiger partial charge in [-0.1, -0.05) is 30.9 Å². The van der Waals surface area contributed by atoms with E-state index in [1.54, 1.807) is 33.1 Å². The zero-order chi connectivity index (χ0) is 17.0. The van der Waals surface area contributed by atoms with Crippen LogP contribution in [0.1, 0.15) is 20.8 Å². The van der Waals surface area contributed by atoms with Gasteiger partial charge >= 0.3 is 0 Å². The van der Waals surface area contributed by atoms with E-state index in [2.05, 4.69) is 21.6 Å². The van der Waals surface area contributed by atoms with E-state index in [1.165, 1.54) is 18.2 Å². The predicted octanol–water partition coefficient (Wildman–Crippen LogP) is 3.25. The minimum atomic E-state index is -0.428. The van der Waals surface area contributed by atoms with Crippen molar-refractivity contribution in [2.75, 3.05) is 6.54 Å². The molecule has 0 aromatic carbocycles. The van der Waals surface area contributed by atoms with E-state index in [-0.39, 0.29) is 18.2 Å². The fourth-order valence-electron chi connectivity index (χ4n) is 1.39. The largest absolute Gasteiger partial charge is 0.382 e. The lowest BCUT2D eigenvalue weighted by Gasteiger charge is -2.01. The van der Waals surface area contributed by atoms with Crippen molar-refractivity contribution >= 4 is 17.9 Å². The van der Waals surface area contributed by atoms with E-state index >= 15 is 0 Å². The topological polar surface area (TPSA) is 86.9 Å². The summed E-state index contributed by atoms with van der Waals surface area (Å²) in [6, 6.07) is 1.82. The quantitative estimate of drug-likeness (QED) is 0.464. The van der Waals surface area contributed by atoms with Crippen LogP contribution in [0.5, 0.6) is 0 Å². The van der Waals surface area contributed by atoms with Gasteiger partial charge in [0, 0.05) is 11.8 Å². The van der Waals surface area contributed by atoms with Crippen molar-refractivity contribution in [3.63, 3.8) is 0 Å². The Morgan fingerprint density at radius 2 is 2.00 bits per heavy atom. The molecule has 22 heavy (non-hydrogen) atoms. The van der Waals surface area contributed by atoms with Gasteiger partial charge in [-0.25, -0.2) is 9.38 Å². The molecule has 0 aromatic rings. The lowest BCUT2D eigenvalue weighted by molar-refractivity contribution is 0.644. The molecule has 0 aromatic heterocycles. The van der Waals surface area contributed by atoms with E-state index in [9.17, 15) is 4.39 Å². The van der Waals surface area contributed by atoms with E-state index in [0.29, 0.717) is 11.3 Å². The Balaban J connectivity index is 5.40. The van der Waals surface area contributed by atoms with Gasteiger partial charge < -0.3 is 5.73 Å². The molecule has 116 valence electrons. The third-order valence-corrected chi connectivity index (χ3v) is 2.41. The van der Waals surface area contributed by atoms with Crippen LogP contribution in [0.3, 0.4) is 0 Å². The second kappa shape index (κ2) is 10.9. The van der Waals surface area contributed by atoms with E-state index in [0.717, 1.165) is 0 Å². The van der Waals surface area contributed by atoms with Crippen molar-refractivity contribution in [2.45, 2.75) is 20.8 Å². The van der Waals surface area contributed by atoms with Crippen LogP contribution in [0.4, 0.5) is 4.39 Å². The average molecular weight is 301 g/mol. The molecule has 0 rings (SSSR count). The Bertz CT molecular complexity index is 613. The van der Waals surface area contributed by atoms with E-state index < -0.39 is 5.83 Å². The molecule has 5 nitrogen and oxygen atoms in total. The third kappa shape index (κ3) is 6.57. The van der Waals surface area contributed by atoms with Crippen LogP contribution in [-0.2, 0) is 0 Å². The number of hydrogen-bond acceptors (Lipinski definition) is 3. The molecule has 0 aliphatic heterocycles. The van der Waals surface area contributed by atoms with Crippen LogP contribution in [0.15, 0.2) is 63.0 Å². The van der Waals surface area contributed by atoms with Gasteiger partial charge in [0.2, 0.25) is 5.84 Å². The minimum absolute atomic E-state index is 0.0376. The summed E-state index contributed by atoms with van der Waals surface area (Å²) in [5.74, 6) is -0.508. The smallest absolute Gasteiger partial charge is 0.229 e. The number of halogens is 1. The summed E-state index contributed by atoms with van der Waals surface area (Å²) in [5, 5.41) is 9.05. The number of amidine groups is 2. The maximum atomic E-state index is 13.6. The SMILES string of the molecule is C=C/C=C(CN=C(C#N)N=C(N)/C(=C/C)N=CC)\C(F)=C/C. The van der Waals surface area contributed by atoms with Crippen molar-refractivity contribution in [1.29, 1.82) is 5.26 Å². The molecule has 2 N–H and O–H groups in total. The highest BCUT2D eigenvalue weighted by Crippen LogP contribution is 2.12. The Hall–Kier alpha value is -2.81. The second-order valence-electron chi connectivity index (χ2n) is 3.87. The molecule has 0 amide bonds. The number of nitriles is 1. The summed E-state index contributed by atoms with van der Waals surface area (Å²) in [4.78, 5) is 11.9. The minimum Gasteiger partial charge on any atom is -0.382 e. The summed E-state index contributed by atoms with van der Waals surface area (Å²) in [5.41, 5.74) is 6.50. The maximum Gasteiger partial charge on any atom is 0.229 e.